The summed E-state index contributed by atoms with van der Waals surface area (Å²) in [6.07, 6.45) is 0.0921. The highest BCUT2D eigenvalue weighted by Gasteiger charge is 2.12. The minimum absolute atomic E-state index is 0.0205. The fourth-order valence-electron chi connectivity index (χ4n) is 1.96. The first-order chi connectivity index (χ1) is 11.1. The predicted octanol–water partition coefficient (Wildman–Crippen LogP) is 3.82. The molecule has 1 aromatic heterocycles. The number of nitrogens with one attached hydrogen (secondary N) is 1. The molecule has 0 aliphatic heterocycles. The van der Waals surface area contributed by atoms with Crippen LogP contribution < -0.4 is 5.32 Å². The molecule has 0 saturated heterocycles. The van der Waals surface area contributed by atoms with Crippen molar-refractivity contribution in [2.24, 2.45) is 0 Å². The fraction of sp³-hybridized carbons (Fsp3) is 0.0625. The molecule has 0 saturated carbocycles. The first kappa shape index (κ1) is 15.4. The number of hydrogen-bond acceptors (Lipinski definition) is 4. The summed E-state index contributed by atoms with van der Waals surface area (Å²) in [5.74, 6) is -0.353. The van der Waals surface area contributed by atoms with Crippen LogP contribution in [-0.4, -0.2) is 16.1 Å². The minimum atomic E-state index is -0.343. The predicted molar refractivity (Wildman–Crippen MR) is 86.2 cm³/mol. The minimum Gasteiger partial charge on any atom is -0.403 e. The number of rotatable bonds is 4. The molecule has 3 rings (SSSR count). The van der Waals surface area contributed by atoms with Crippen molar-refractivity contribution in [3.8, 4) is 11.5 Å². The molecule has 0 unspecified atom stereocenters. The molecule has 116 valence electrons. The quantitative estimate of drug-likeness (QED) is 0.752. The highest BCUT2D eigenvalue weighted by atomic mass is 79.9. The van der Waals surface area contributed by atoms with Crippen LogP contribution in [0.2, 0.25) is 0 Å². The molecule has 2 aromatic carbocycles. The van der Waals surface area contributed by atoms with Gasteiger partial charge < -0.3 is 4.42 Å². The van der Waals surface area contributed by atoms with Crippen molar-refractivity contribution >= 4 is 27.9 Å². The SMILES string of the molecule is O=C(Cc1ccc(F)cc1)Nc1nnc(-c2cccc(Br)c2)o1. The van der Waals surface area contributed by atoms with Crippen LogP contribution in [0.5, 0.6) is 0 Å². The van der Waals surface area contributed by atoms with E-state index in [1.807, 2.05) is 24.3 Å². The molecule has 0 bridgehead atoms. The van der Waals surface area contributed by atoms with Crippen molar-refractivity contribution in [1.29, 1.82) is 0 Å². The lowest BCUT2D eigenvalue weighted by Crippen LogP contribution is -2.14. The van der Waals surface area contributed by atoms with Crippen LogP contribution in [0.3, 0.4) is 0 Å². The van der Waals surface area contributed by atoms with Gasteiger partial charge in [0.05, 0.1) is 6.42 Å². The van der Waals surface area contributed by atoms with Gasteiger partial charge in [0.2, 0.25) is 11.8 Å². The lowest BCUT2D eigenvalue weighted by molar-refractivity contribution is -0.115. The average molecular weight is 376 g/mol. The van der Waals surface area contributed by atoms with Gasteiger partial charge in [-0.15, -0.1) is 5.10 Å². The maximum absolute atomic E-state index is 12.8. The van der Waals surface area contributed by atoms with Gasteiger partial charge in [-0.25, -0.2) is 4.39 Å². The average Bonchev–Trinajstić information content (AvgIpc) is 2.98. The van der Waals surface area contributed by atoms with E-state index in [0.29, 0.717) is 11.5 Å². The second-order valence-electron chi connectivity index (χ2n) is 4.77. The van der Waals surface area contributed by atoms with Crippen molar-refractivity contribution in [2.75, 3.05) is 5.32 Å². The van der Waals surface area contributed by atoms with Gasteiger partial charge in [0.1, 0.15) is 5.82 Å². The number of carbonyl (C=O) groups excluding carboxylic acids is 1. The van der Waals surface area contributed by atoms with Crippen LogP contribution in [-0.2, 0) is 11.2 Å². The van der Waals surface area contributed by atoms with Gasteiger partial charge >= 0.3 is 6.01 Å². The normalized spacial score (nSPS) is 10.5. The van der Waals surface area contributed by atoms with Gasteiger partial charge in [0.15, 0.2) is 0 Å². The van der Waals surface area contributed by atoms with Gasteiger partial charge in [-0.3, -0.25) is 10.1 Å². The van der Waals surface area contributed by atoms with E-state index < -0.39 is 0 Å². The summed E-state index contributed by atoms with van der Waals surface area (Å²) in [5.41, 5.74) is 1.43. The number of benzene rings is 2. The summed E-state index contributed by atoms with van der Waals surface area (Å²) in [5, 5.41) is 10.2. The van der Waals surface area contributed by atoms with Gasteiger partial charge in [-0.05, 0) is 35.9 Å². The number of carbonyl (C=O) groups is 1. The molecular weight excluding hydrogens is 365 g/mol. The Kier molecular flexibility index (Phi) is 4.47. The molecule has 0 spiro atoms. The maximum atomic E-state index is 12.8. The van der Waals surface area contributed by atoms with Gasteiger partial charge in [-0.1, -0.05) is 39.2 Å². The number of hydrogen-bond donors (Lipinski definition) is 1. The van der Waals surface area contributed by atoms with E-state index in [-0.39, 0.29) is 24.2 Å². The summed E-state index contributed by atoms with van der Waals surface area (Å²) < 4.78 is 19.1. The lowest BCUT2D eigenvalue weighted by atomic mass is 10.1. The highest BCUT2D eigenvalue weighted by Crippen LogP contribution is 2.23. The molecule has 0 aliphatic carbocycles. The molecular formula is C16H11BrFN3O2. The van der Waals surface area contributed by atoms with Crippen LogP contribution in [0.1, 0.15) is 5.56 Å². The van der Waals surface area contributed by atoms with E-state index in [9.17, 15) is 9.18 Å². The third-order valence-electron chi connectivity index (χ3n) is 3.02. The summed E-state index contributed by atoms with van der Waals surface area (Å²) in [6, 6.07) is 13.1. The number of anilines is 1. The summed E-state index contributed by atoms with van der Waals surface area (Å²) in [6.45, 7) is 0. The Bertz CT molecular complexity index is 833. The van der Waals surface area contributed by atoms with E-state index in [0.717, 1.165) is 10.0 Å². The topological polar surface area (TPSA) is 68.0 Å². The zero-order valence-corrected chi connectivity index (χ0v) is 13.4. The molecule has 0 atom stereocenters. The molecule has 23 heavy (non-hydrogen) atoms. The van der Waals surface area contributed by atoms with Gasteiger partial charge in [0, 0.05) is 10.0 Å². The molecule has 0 fully saturated rings. The number of nitrogens with zero attached hydrogens (tertiary/aromatic N) is 2. The van der Waals surface area contributed by atoms with Crippen LogP contribution in [0, 0.1) is 5.82 Å². The van der Waals surface area contributed by atoms with E-state index in [1.54, 1.807) is 12.1 Å². The molecule has 7 heteroatoms. The van der Waals surface area contributed by atoms with Crippen LogP contribution >= 0.6 is 15.9 Å². The maximum Gasteiger partial charge on any atom is 0.322 e. The molecule has 1 heterocycles. The molecule has 3 aromatic rings. The first-order valence-electron chi connectivity index (χ1n) is 6.74. The molecule has 5 nitrogen and oxygen atoms in total. The van der Waals surface area contributed by atoms with Gasteiger partial charge in [0.25, 0.3) is 0 Å². The zero-order chi connectivity index (χ0) is 16.2. The van der Waals surface area contributed by atoms with E-state index in [2.05, 4.69) is 31.4 Å². The lowest BCUT2D eigenvalue weighted by Gasteiger charge is -2.01. The third-order valence-corrected chi connectivity index (χ3v) is 3.51. The van der Waals surface area contributed by atoms with Crippen molar-refractivity contribution in [3.05, 3.63) is 64.4 Å². The van der Waals surface area contributed by atoms with Crippen molar-refractivity contribution in [3.63, 3.8) is 0 Å². The van der Waals surface area contributed by atoms with Crippen LogP contribution in [0.25, 0.3) is 11.5 Å². The van der Waals surface area contributed by atoms with Crippen molar-refractivity contribution in [1.82, 2.24) is 10.2 Å². The number of halogens is 2. The second-order valence-corrected chi connectivity index (χ2v) is 5.69. The molecule has 0 radical (unpaired) electrons. The first-order valence-corrected chi connectivity index (χ1v) is 7.53. The fourth-order valence-corrected chi connectivity index (χ4v) is 2.36. The Morgan fingerprint density at radius 3 is 2.70 bits per heavy atom. The zero-order valence-electron chi connectivity index (χ0n) is 11.8. The smallest absolute Gasteiger partial charge is 0.322 e. The Hall–Kier alpha value is -2.54. The summed E-state index contributed by atoms with van der Waals surface area (Å²) in [7, 11) is 0. The second kappa shape index (κ2) is 6.70. The summed E-state index contributed by atoms with van der Waals surface area (Å²) in [4.78, 5) is 11.9. The summed E-state index contributed by atoms with van der Waals surface area (Å²) >= 11 is 3.36. The standard InChI is InChI=1S/C16H11BrFN3O2/c17-12-3-1-2-11(9-12)15-20-21-16(23-15)19-14(22)8-10-4-6-13(18)7-5-10/h1-7,9H,8H2,(H,19,21,22). The Morgan fingerprint density at radius 2 is 1.96 bits per heavy atom. The monoisotopic (exact) mass is 375 g/mol. The highest BCUT2D eigenvalue weighted by molar-refractivity contribution is 9.10. The molecule has 1 amide bonds. The molecule has 0 aliphatic rings. The Morgan fingerprint density at radius 1 is 1.17 bits per heavy atom. The van der Waals surface area contributed by atoms with Gasteiger partial charge in [-0.2, -0.15) is 0 Å². The van der Waals surface area contributed by atoms with E-state index in [1.165, 1.54) is 12.1 Å². The Labute approximate surface area is 139 Å². The number of aromatic nitrogens is 2. The number of amides is 1. The molecule has 1 N–H and O–H groups in total. The van der Waals surface area contributed by atoms with Crippen LogP contribution in [0.4, 0.5) is 10.4 Å². The largest absolute Gasteiger partial charge is 0.403 e. The van der Waals surface area contributed by atoms with E-state index in [4.69, 9.17) is 4.42 Å². The van der Waals surface area contributed by atoms with Crippen LogP contribution in [0.15, 0.2) is 57.4 Å². The van der Waals surface area contributed by atoms with Crippen molar-refractivity contribution < 1.29 is 13.6 Å². The Balaban J connectivity index is 1.66. The van der Waals surface area contributed by atoms with E-state index >= 15 is 0 Å². The third kappa shape index (κ3) is 4.01. The van der Waals surface area contributed by atoms with Crippen molar-refractivity contribution in [2.45, 2.75) is 6.42 Å².